The van der Waals surface area contributed by atoms with E-state index in [-0.39, 0.29) is 5.56 Å². The molecular weight excluding hydrogens is 364 g/mol. The second kappa shape index (κ2) is 8.19. The van der Waals surface area contributed by atoms with Crippen LogP contribution in [-0.2, 0) is 0 Å². The summed E-state index contributed by atoms with van der Waals surface area (Å²) in [6, 6.07) is 22.7. The van der Waals surface area contributed by atoms with Crippen molar-refractivity contribution in [2.45, 2.75) is 13.8 Å². The van der Waals surface area contributed by atoms with E-state index in [1.165, 1.54) is 4.68 Å². The van der Waals surface area contributed by atoms with Gasteiger partial charge in [-0.25, -0.2) is 0 Å². The highest BCUT2D eigenvalue weighted by Crippen LogP contribution is 2.34. The minimum absolute atomic E-state index is 0.147. The average Bonchev–Trinajstić information content (AvgIpc) is 2.76. The van der Waals surface area contributed by atoms with Gasteiger partial charge in [-0.15, -0.1) is 0 Å². The molecule has 0 N–H and O–H groups in total. The minimum atomic E-state index is -0.147. The third-order valence-corrected chi connectivity index (χ3v) is 4.62. The van der Waals surface area contributed by atoms with Crippen molar-refractivity contribution in [2.75, 3.05) is 13.2 Å². The lowest BCUT2D eigenvalue weighted by Gasteiger charge is -2.14. The summed E-state index contributed by atoms with van der Waals surface area (Å²) in [6.45, 7) is 4.96. The summed E-state index contributed by atoms with van der Waals surface area (Å²) >= 11 is 0. The van der Waals surface area contributed by atoms with E-state index in [2.05, 4.69) is 0 Å². The van der Waals surface area contributed by atoms with Crippen LogP contribution in [0.2, 0.25) is 0 Å². The first-order chi connectivity index (χ1) is 14.2. The molecule has 0 spiro atoms. The Balaban J connectivity index is 1.97. The highest BCUT2D eigenvalue weighted by molar-refractivity contribution is 5.94. The molecule has 0 saturated heterocycles. The van der Waals surface area contributed by atoms with Crippen molar-refractivity contribution in [1.82, 2.24) is 9.78 Å². The van der Waals surface area contributed by atoms with Crippen LogP contribution in [-0.4, -0.2) is 23.0 Å². The molecule has 0 aliphatic carbocycles. The van der Waals surface area contributed by atoms with Crippen molar-refractivity contribution in [2.24, 2.45) is 0 Å². The van der Waals surface area contributed by atoms with Gasteiger partial charge in [-0.3, -0.25) is 4.79 Å². The quantitative estimate of drug-likeness (QED) is 0.475. The van der Waals surface area contributed by atoms with Crippen molar-refractivity contribution in [3.8, 4) is 28.4 Å². The van der Waals surface area contributed by atoms with Crippen LogP contribution in [0.4, 0.5) is 0 Å². The Morgan fingerprint density at radius 3 is 2.17 bits per heavy atom. The maximum Gasteiger partial charge on any atom is 0.279 e. The molecule has 0 fully saturated rings. The fourth-order valence-corrected chi connectivity index (χ4v) is 3.35. The number of fused-ring (bicyclic) bond motifs is 1. The van der Waals surface area contributed by atoms with Gasteiger partial charge in [0.15, 0.2) is 11.5 Å². The van der Waals surface area contributed by atoms with E-state index in [0.717, 1.165) is 16.6 Å². The average molecular weight is 386 g/mol. The third kappa shape index (κ3) is 3.59. The molecule has 29 heavy (non-hydrogen) atoms. The molecule has 0 bridgehead atoms. The maximum absolute atomic E-state index is 13.1. The first-order valence-electron chi connectivity index (χ1n) is 9.70. The van der Waals surface area contributed by atoms with Crippen LogP contribution < -0.4 is 15.0 Å². The van der Waals surface area contributed by atoms with E-state index in [0.29, 0.717) is 35.8 Å². The molecular formula is C24H22N2O3. The maximum atomic E-state index is 13.1. The summed E-state index contributed by atoms with van der Waals surface area (Å²) in [5.41, 5.74) is 2.15. The lowest BCUT2D eigenvalue weighted by molar-refractivity contribution is 0.288. The zero-order valence-electron chi connectivity index (χ0n) is 16.5. The number of rotatable bonds is 6. The SMILES string of the molecule is CCOc1ccc(-c2nn(-c3ccccc3)c(=O)c3ccccc23)cc1OCC. The van der Waals surface area contributed by atoms with Crippen LogP contribution in [0.15, 0.2) is 77.6 Å². The standard InChI is InChI=1S/C24H22N2O3/c1-3-28-21-15-14-17(16-22(21)29-4-2)23-19-12-8-9-13-20(19)24(27)26(25-23)18-10-6-5-7-11-18/h5-16H,3-4H2,1-2H3. The minimum Gasteiger partial charge on any atom is -0.490 e. The van der Waals surface area contributed by atoms with Gasteiger partial charge in [-0.05, 0) is 50.2 Å². The van der Waals surface area contributed by atoms with Gasteiger partial charge < -0.3 is 9.47 Å². The molecule has 4 rings (SSSR count). The summed E-state index contributed by atoms with van der Waals surface area (Å²) in [4.78, 5) is 13.1. The lowest BCUT2D eigenvalue weighted by atomic mass is 10.0. The summed E-state index contributed by atoms with van der Waals surface area (Å²) in [5, 5.41) is 6.15. The van der Waals surface area contributed by atoms with E-state index in [4.69, 9.17) is 14.6 Å². The molecule has 0 saturated carbocycles. The van der Waals surface area contributed by atoms with Crippen LogP contribution in [0.5, 0.6) is 11.5 Å². The molecule has 0 unspecified atom stereocenters. The van der Waals surface area contributed by atoms with E-state index in [1.807, 2.05) is 86.6 Å². The van der Waals surface area contributed by atoms with Crippen molar-refractivity contribution in [1.29, 1.82) is 0 Å². The molecule has 146 valence electrons. The van der Waals surface area contributed by atoms with Crippen LogP contribution in [0.1, 0.15) is 13.8 Å². The second-order valence-electron chi connectivity index (χ2n) is 6.47. The van der Waals surface area contributed by atoms with Crippen LogP contribution in [0.25, 0.3) is 27.7 Å². The number of ether oxygens (including phenoxy) is 2. The van der Waals surface area contributed by atoms with E-state index in [1.54, 1.807) is 0 Å². The highest BCUT2D eigenvalue weighted by atomic mass is 16.5. The summed E-state index contributed by atoms with van der Waals surface area (Å²) in [7, 11) is 0. The fraction of sp³-hybridized carbons (Fsp3) is 0.167. The van der Waals surface area contributed by atoms with E-state index < -0.39 is 0 Å². The van der Waals surface area contributed by atoms with Crippen molar-refractivity contribution >= 4 is 10.8 Å². The fourth-order valence-electron chi connectivity index (χ4n) is 3.35. The predicted molar refractivity (Wildman–Crippen MR) is 115 cm³/mol. The number of hydrogen-bond donors (Lipinski definition) is 0. The normalized spacial score (nSPS) is 10.8. The molecule has 5 nitrogen and oxygen atoms in total. The number of benzene rings is 3. The molecule has 0 aliphatic rings. The second-order valence-corrected chi connectivity index (χ2v) is 6.47. The van der Waals surface area contributed by atoms with Crippen LogP contribution >= 0.6 is 0 Å². The number of nitrogens with zero attached hydrogens (tertiary/aromatic N) is 2. The Kier molecular flexibility index (Phi) is 5.29. The Morgan fingerprint density at radius 2 is 1.45 bits per heavy atom. The Bertz CT molecular complexity index is 1200. The molecule has 1 heterocycles. The summed E-state index contributed by atoms with van der Waals surface area (Å²) in [5.74, 6) is 1.36. The molecule has 0 atom stereocenters. The first kappa shape index (κ1) is 18.7. The van der Waals surface area contributed by atoms with E-state index >= 15 is 0 Å². The van der Waals surface area contributed by atoms with Crippen LogP contribution in [0.3, 0.4) is 0 Å². The van der Waals surface area contributed by atoms with Crippen LogP contribution in [0, 0.1) is 0 Å². The van der Waals surface area contributed by atoms with Crippen molar-refractivity contribution < 1.29 is 9.47 Å². The molecule has 1 aromatic heterocycles. The number of aromatic nitrogens is 2. The zero-order chi connectivity index (χ0) is 20.2. The molecule has 0 radical (unpaired) electrons. The third-order valence-electron chi connectivity index (χ3n) is 4.62. The Hall–Kier alpha value is -3.60. The summed E-state index contributed by atoms with van der Waals surface area (Å²) in [6.07, 6.45) is 0. The smallest absolute Gasteiger partial charge is 0.279 e. The largest absolute Gasteiger partial charge is 0.490 e. The Morgan fingerprint density at radius 1 is 0.793 bits per heavy atom. The van der Waals surface area contributed by atoms with Gasteiger partial charge >= 0.3 is 0 Å². The number of hydrogen-bond acceptors (Lipinski definition) is 4. The van der Waals surface area contributed by atoms with Crippen molar-refractivity contribution in [3.05, 3.63) is 83.2 Å². The first-order valence-corrected chi connectivity index (χ1v) is 9.70. The summed E-state index contributed by atoms with van der Waals surface area (Å²) < 4.78 is 12.9. The molecule has 3 aromatic carbocycles. The van der Waals surface area contributed by atoms with Gasteiger partial charge in [0.25, 0.3) is 5.56 Å². The highest BCUT2D eigenvalue weighted by Gasteiger charge is 2.15. The monoisotopic (exact) mass is 386 g/mol. The molecule has 0 amide bonds. The van der Waals surface area contributed by atoms with Gasteiger partial charge in [0.2, 0.25) is 0 Å². The van der Waals surface area contributed by atoms with E-state index in [9.17, 15) is 4.79 Å². The Labute approximate surface area is 169 Å². The van der Waals surface area contributed by atoms with Gasteiger partial charge in [0.05, 0.1) is 30.0 Å². The van der Waals surface area contributed by atoms with Gasteiger partial charge in [0, 0.05) is 10.9 Å². The predicted octanol–water partition coefficient (Wildman–Crippen LogP) is 4.85. The molecule has 4 aromatic rings. The zero-order valence-corrected chi connectivity index (χ0v) is 16.5. The topological polar surface area (TPSA) is 53.4 Å². The van der Waals surface area contributed by atoms with Crippen molar-refractivity contribution in [3.63, 3.8) is 0 Å². The van der Waals surface area contributed by atoms with Gasteiger partial charge in [-0.1, -0.05) is 36.4 Å². The molecule has 5 heteroatoms. The molecule has 0 aliphatic heterocycles. The van der Waals surface area contributed by atoms with Gasteiger partial charge in [0.1, 0.15) is 0 Å². The lowest BCUT2D eigenvalue weighted by Crippen LogP contribution is -2.22. The van der Waals surface area contributed by atoms with Gasteiger partial charge in [-0.2, -0.15) is 9.78 Å². The number of para-hydroxylation sites is 1.